The van der Waals surface area contributed by atoms with Gasteiger partial charge in [-0.05, 0) is 84.2 Å². The molecule has 1 aliphatic carbocycles. The first-order valence-electron chi connectivity index (χ1n) is 12.8. The van der Waals surface area contributed by atoms with Crippen LogP contribution in [0.15, 0.2) is 36.5 Å². The molecule has 0 bridgehead atoms. The van der Waals surface area contributed by atoms with E-state index >= 15 is 0 Å². The van der Waals surface area contributed by atoms with Crippen molar-refractivity contribution in [1.82, 2.24) is 35.1 Å². The molecule has 4 aromatic rings. The summed E-state index contributed by atoms with van der Waals surface area (Å²) < 4.78 is 81.4. The van der Waals surface area contributed by atoms with E-state index in [2.05, 4.69) is 30.9 Å². The first kappa shape index (κ1) is 31.7. The highest BCUT2D eigenvalue weighted by molar-refractivity contribution is 14.1. The molecule has 2 N–H and O–H groups in total. The van der Waals surface area contributed by atoms with Gasteiger partial charge in [-0.2, -0.15) is 36.2 Å². The van der Waals surface area contributed by atoms with Crippen LogP contribution in [0.25, 0.3) is 5.82 Å². The van der Waals surface area contributed by atoms with E-state index in [1.165, 1.54) is 18.3 Å². The molecular weight excluding hydrogens is 733 g/mol. The predicted octanol–water partition coefficient (Wildman–Crippen LogP) is 5.90. The van der Waals surface area contributed by atoms with Crippen molar-refractivity contribution in [2.45, 2.75) is 38.7 Å². The van der Waals surface area contributed by atoms with E-state index in [1.807, 2.05) is 22.6 Å². The van der Waals surface area contributed by atoms with Gasteiger partial charge in [-0.3, -0.25) is 9.59 Å². The number of halogens is 8. The SMILES string of the molecule is Cc1cc(I)cc(C(=O)NCC2CC2)c1NC(=O)c1cc(Cn2nc(C(F)(F)F)c(C(F)(F)F)n2)nn1-c1ncccc1Cl. The van der Waals surface area contributed by atoms with Crippen LogP contribution in [0.2, 0.25) is 5.02 Å². The first-order chi connectivity index (χ1) is 20.6. The van der Waals surface area contributed by atoms with Gasteiger partial charge >= 0.3 is 12.4 Å². The second-order valence-corrected chi connectivity index (χ2v) is 11.6. The minimum atomic E-state index is -5.43. The van der Waals surface area contributed by atoms with Crippen molar-refractivity contribution in [1.29, 1.82) is 0 Å². The van der Waals surface area contributed by atoms with Gasteiger partial charge in [-0.15, -0.1) is 10.2 Å². The van der Waals surface area contributed by atoms with Crippen molar-refractivity contribution in [3.8, 4) is 5.82 Å². The number of benzene rings is 1. The maximum Gasteiger partial charge on any atom is 0.437 e. The second-order valence-electron chi connectivity index (χ2n) is 9.92. The average Bonchev–Trinajstić information content (AvgIpc) is 3.49. The van der Waals surface area contributed by atoms with Gasteiger partial charge in [0, 0.05) is 16.3 Å². The van der Waals surface area contributed by atoms with E-state index in [0.29, 0.717) is 18.0 Å². The largest absolute Gasteiger partial charge is 0.437 e. The molecule has 1 saturated carbocycles. The Balaban J connectivity index is 1.52. The number of aromatic nitrogens is 6. The number of nitrogens with zero attached hydrogens (tertiary/aromatic N) is 6. The Morgan fingerprint density at radius 1 is 1.02 bits per heavy atom. The lowest BCUT2D eigenvalue weighted by Gasteiger charge is -2.15. The van der Waals surface area contributed by atoms with Crippen molar-refractivity contribution in [3.05, 3.63) is 79.0 Å². The molecule has 1 fully saturated rings. The highest BCUT2D eigenvalue weighted by Crippen LogP contribution is 2.38. The molecule has 0 spiro atoms. The van der Waals surface area contributed by atoms with Gasteiger partial charge < -0.3 is 10.6 Å². The Bertz CT molecular complexity index is 1720. The fourth-order valence-corrected chi connectivity index (χ4v) is 5.21. The fraction of sp³-hybridized carbons (Fsp3) is 0.308. The average molecular weight is 753 g/mol. The Labute approximate surface area is 263 Å². The van der Waals surface area contributed by atoms with Crippen LogP contribution >= 0.6 is 34.2 Å². The number of carbonyl (C=O) groups excluding carboxylic acids is 2. The third-order valence-electron chi connectivity index (χ3n) is 6.46. The third-order valence-corrected chi connectivity index (χ3v) is 7.38. The number of hydrogen-bond acceptors (Lipinski definition) is 6. The van der Waals surface area contributed by atoms with E-state index < -0.39 is 42.1 Å². The maximum absolute atomic E-state index is 13.7. The van der Waals surface area contributed by atoms with Gasteiger partial charge in [-0.1, -0.05) is 11.6 Å². The summed E-state index contributed by atoms with van der Waals surface area (Å²) in [6.45, 7) is 1.40. The van der Waals surface area contributed by atoms with E-state index in [1.54, 1.807) is 19.1 Å². The monoisotopic (exact) mass is 752 g/mol. The molecule has 0 aliphatic heterocycles. The van der Waals surface area contributed by atoms with Crippen LogP contribution < -0.4 is 10.6 Å². The number of nitrogens with one attached hydrogen (secondary N) is 2. The fourth-order valence-electron chi connectivity index (χ4n) is 4.23. The molecule has 0 unspecified atom stereocenters. The molecule has 3 aromatic heterocycles. The Kier molecular flexibility index (Phi) is 8.63. The second kappa shape index (κ2) is 12.0. The van der Waals surface area contributed by atoms with Crippen LogP contribution in [-0.4, -0.2) is 48.1 Å². The topological polar surface area (TPSA) is 120 Å². The zero-order valence-corrected chi connectivity index (χ0v) is 25.3. The highest BCUT2D eigenvalue weighted by Gasteiger charge is 2.48. The standard InChI is InChI=1S/C26H20ClF6IN8O2/c1-12-7-14(34)8-16(23(43)36-10-13-4-5-13)19(12)37-24(44)18-9-15(38-42(18)22-17(27)3-2-6-35-22)11-41-39-20(25(28,29)30)21(40-41)26(31,32)33/h2-3,6-9,13H,4-5,10-11H2,1H3,(H,36,43)(H,37,44). The smallest absolute Gasteiger partial charge is 0.352 e. The molecule has 1 aliphatic rings. The number of anilines is 1. The predicted molar refractivity (Wildman–Crippen MR) is 152 cm³/mol. The summed E-state index contributed by atoms with van der Waals surface area (Å²) in [5, 5.41) is 15.8. The molecule has 10 nitrogen and oxygen atoms in total. The number of amides is 2. The number of aryl methyl sites for hydroxylation is 1. The summed E-state index contributed by atoms with van der Waals surface area (Å²) in [4.78, 5) is 31.0. The van der Waals surface area contributed by atoms with E-state index in [9.17, 15) is 35.9 Å². The van der Waals surface area contributed by atoms with Crippen molar-refractivity contribution in [2.75, 3.05) is 11.9 Å². The molecule has 18 heteroatoms. The molecule has 0 radical (unpaired) electrons. The number of pyridine rings is 1. The molecular formula is C26H20ClF6IN8O2. The van der Waals surface area contributed by atoms with E-state index in [4.69, 9.17) is 11.6 Å². The summed E-state index contributed by atoms with van der Waals surface area (Å²) in [6.07, 6.45) is -7.48. The van der Waals surface area contributed by atoms with Crippen molar-refractivity contribution >= 4 is 51.7 Å². The zero-order valence-electron chi connectivity index (χ0n) is 22.4. The van der Waals surface area contributed by atoms with Gasteiger partial charge in [0.2, 0.25) is 0 Å². The molecule has 1 aromatic carbocycles. The van der Waals surface area contributed by atoms with E-state index in [0.717, 1.165) is 27.2 Å². The summed E-state index contributed by atoms with van der Waals surface area (Å²) in [6, 6.07) is 7.41. The molecule has 2 amide bonds. The molecule has 44 heavy (non-hydrogen) atoms. The molecule has 232 valence electrons. The van der Waals surface area contributed by atoms with Crippen molar-refractivity contribution in [3.63, 3.8) is 0 Å². The maximum atomic E-state index is 13.7. The number of carbonyl (C=O) groups is 2. The number of alkyl halides is 6. The Morgan fingerprint density at radius 3 is 2.27 bits per heavy atom. The molecule has 5 rings (SSSR count). The third kappa shape index (κ3) is 6.98. The molecule has 3 heterocycles. The summed E-state index contributed by atoms with van der Waals surface area (Å²) in [7, 11) is 0. The quantitative estimate of drug-likeness (QED) is 0.171. The Morgan fingerprint density at radius 2 is 1.68 bits per heavy atom. The molecule has 0 atom stereocenters. The van der Waals surface area contributed by atoms with Gasteiger partial charge in [-0.25, -0.2) is 9.67 Å². The summed E-state index contributed by atoms with van der Waals surface area (Å²) in [5.41, 5.74) is -3.88. The van der Waals surface area contributed by atoms with Crippen LogP contribution in [0, 0.1) is 16.4 Å². The van der Waals surface area contributed by atoms with Crippen LogP contribution in [-0.2, 0) is 18.9 Å². The number of rotatable bonds is 8. The van der Waals surface area contributed by atoms with Gasteiger partial charge in [0.25, 0.3) is 11.8 Å². The number of hydrogen-bond donors (Lipinski definition) is 2. The van der Waals surface area contributed by atoms with Crippen molar-refractivity contribution < 1.29 is 35.9 Å². The summed E-state index contributed by atoms with van der Waals surface area (Å²) >= 11 is 8.32. The van der Waals surface area contributed by atoms with Crippen molar-refractivity contribution in [2.24, 2.45) is 5.92 Å². The van der Waals surface area contributed by atoms with E-state index in [-0.39, 0.29) is 38.3 Å². The zero-order chi connectivity index (χ0) is 32.0. The minimum absolute atomic E-state index is 0.0396. The lowest BCUT2D eigenvalue weighted by molar-refractivity contribution is -0.165. The normalized spacial score (nSPS) is 13.7. The van der Waals surface area contributed by atoms with Crippen LogP contribution in [0.4, 0.5) is 32.0 Å². The highest BCUT2D eigenvalue weighted by atomic mass is 127. The van der Waals surface area contributed by atoms with Gasteiger partial charge in [0.1, 0.15) is 12.2 Å². The molecule has 0 saturated heterocycles. The lowest BCUT2D eigenvalue weighted by Crippen LogP contribution is -2.28. The lowest BCUT2D eigenvalue weighted by atomic mass is 10.1. The van der Waals surface area contributed by atoms with Gasteiger partial charge in [0.15, 0.2) is 17.2 Å². The summed E-state index contributed by atoms with van der Waals surface area (Å²) in [5.74, 6) is -0.860. The first-order valence-corrected chi connectivity index (χ1v) is 14.3. The van der Waals surface area contributed by atoms with Gasteiger partial charge in [0.05, 0.1) is 22.0 Å². The van der Waals surface area contributed by atoms with Crippen LogP contribution in [0.5, 0.6) is 0 Å². The van der Waals surface area contributed by atoms with Crippen LogP contribution in [0.1, 0.15) is 56.3 Å². The minimum Gasteiger partial charge on any atom is -0.352 e. The van der Waals surface area contributed by atoms with Crippen LogP contribution in [0.3, 0.4) is 0 Å². The Hall–Kier alpha value is -3.74.